The molecule has 1 fully saturated rings. The molecule has 0 aromatic heterocycles. The minimum absolute atomic E-state index is 0.134. The first-order valence-corrected chi connectivity index (χ1v) is 12.4. The van der Waals surface area contributed by atoms with Gasteiger partial charge in [0.05, 0.1) is 18.0 Å². The maximum atomic E-state index is 13.2. The van der Waals surface area contributed by atoms with Crippen molar-refractivity contribution in [1.82, 2.24) is 20.9 Å². The van der Waals surface area contributed by atoms with Crippen LogP contribution in [-0.2, 0) is 15.8 Å². The summed E-state index contributed by atoms with van der Waals surface area (Å²) in [5.74, 6) is -1.86. The van der Waals surface area contributed by atoms with Crippen LogP contribution in [0.25, 0.3) is 0 Å². The zero-order valence-corrected chi connectivity index (χ0v) is 22.0. The van der Waals surface area contributed by atoms with E-state index < -0.39 is 47.6 Å². The molecule has 0 heterocycles. The average Bonchev–Trinajstić information content (AvgIpc) is 2.77. The summed E-state index contributed by atoms with van der Waals surface area (Å²) in [5, 5.41) is 8.26. The number of hydrogen-bond donors (Lipinski definition) is 3. The Morgan fingerprint density at radius 3 is 2.33 bits per heavy atom. The van der Waals surface area contributed by atoms with Gasteiger partial charge < -0.3 is 16.0 Å². The van der Waals surface area contributed by atoms with Crippen LogP contribution in [0, 0.1) is 5.92 Å². The van der Waals surface area contributed by atoms with Gasteiger partial charge in [0, 0.05) is 29.2 Å². The Bertz CT molecular complexity index is 928. The summed E-state index contributed by atoms with van der Waals surface area (Å²) < 4.78 is 38.8. The van der Waals surface area contributed by atoms with E-state index in [2.05, 4.69) is 41.6 Å². The monoisotopic (exact) mass is 512 g/mol. The number of nitrogens with zero attached hydrogens (tertiary/aromatic N) is 1. The molecule has 7 nitrogen and oxygen atoms in total. The summed E-state index contributed by atoms with van der Waals surface area (Å²) in [6.07, 6.45) is -2.57. The van der Waals surface area contributed by atoms with E-state index in [0.29, 0.717) is 18.9 Å². The average molecular weight is 513 g/mol. The number of amides is 3. The van der Waals surface area contributed by atoms with Crippen molar-refractivity contribution in [3.05, 3.63) is 35.4 Å². The SMILES string of the molecule is CCN(C(C)C)[C@@H]1CC[C@H](NC(=O)CNC(=O)c2cccc(C(F)(F)F)c2)[C@@H](C(=O)NC(C)(C)C)C1. The lowest BCUT2D eigenvalue weighted by Gasteiger charge is -2.43. The van der Waals surface area contributed by atoms with E-state index in [0.717, 1.165) is 31.2 Å². The molecule has 0 radical (unpaired) electrons. The second-order valence-electron chi connectivity index (χ2n) is 10.7. The topological polar surface area (TPSA) is 90.5 Å². The molecule has 1 aliphatic carbocycles. The maximum absolute atomic E-state index is 13.2. The van der Waals surface area contributed by atoms with Gasteiger partial charge in [-0.2, -0.15) is 13.2 Å². The van der Waals surface area contributed by atoms with Gasteiger partial charge in [-0.25, -0.2) is 0 Å². The molecular weight excluding hydrogens is 473 g/mol. The van der Waals surface area contributed by atoms with Crippen LogP contribution >= 0.6 is 0 Å². The summed E-state index contributed by atoms with van der Waals surface area (Å²) in [7, 11) is 0. The van der Waals surface area contributed by atoms with Crippen LogP contribution in [0.5, 0.6) is 0 Å². The molecule has 0 spiro atoms. The Morgan fingerprint density at radius 2 is 1.78 bits per heavy atom. The quantitative estimate of drug-likeness (QED) is 0.495. The molecule has 2 rings (SSSR count). The van der Waals surface area contributed by atoms with Gasteiger partial charge in [-0.15, -0.1) is 0 Å². The smallest absolute Gasteiger partial charge is 0.351 e. The number of carbonyl (C=O) groups is 3. The van der Waals surface area contributed by atoms with E-state index in [1.165, 1.54) is 6.07 Å². The zero-order valence-electron chi connectivity index (χ0n) is 22.0. The first kappa shape index (κ1) is 29.6. The molecule has 0 aliphatic heterocycles. The summed E-state index contributed by atoms with van der Waals surface area (Å²) in [6, 6.07) is 4.14. The van der Waals surface area contributed by atoms with Crippen LogP contribution in [0.3, 0.4) is 0 Å². The summed E-state index contributed by atoms with van der Waals surface area (Å²) in [6.45, 7) is 12.5. The highest BCUT2D eigenvalue weighted by Crippen LogP contribution is 2.31. The first-order valence-electron chi connectivity index (χ1n) is 12.4. The fourth-order valence-electron chi connectivity index (χ4n) is 4.78. The maximum Gasteiger partial charge on any atom is 0.416 e. The highest BCUT2D eigenvalue weighted by Gasteiger charge is 2.39. The third kappa shape index (κ3) is 8.50. The molecule has 202 valence electrons. The zero-order chi connectivity index (χ0) is 27.3. The summed E-state index contributed by atoms with van der Waals surface area (Å²) in [4.78, 5) is 40.5. The van der Waals surface area contributed by atoms with E-state index in [9.17, 15) is 27.6 Å². The normalized spacial score (nSPS) is 20.8. The summed E-state index contributed by atoms with van der Waals surface area (Å²) in [5.41, 5.74) is -1.56. The van der Waals surface area contributed by atoms with Crippen LogP contribution in [0.2, 0.25) is 0 Å². The fraction of sp³-hybridized carbons (Fsp3) is 0.654. The number of carbonyl (C=O) groups excluding carboxylic acids is 3. The number of halogens is 3. The minimum Gasteiger partial charge on any atom is -0.351 e. The predicted molar refractivity (Wildman–Crippen MR) is 132 cm³/mol. The third-order valence-corrected chi connectivity index (χ3v) is 6.36. The van der Waals surface area contributed by atoms with Crippen molar-refractivity contribution in [2.45, 2.75) is 90.6 Å². The van der Waals surface area contributed by atoms with E-state index >= 15 is 0 Å². The standard InChI is InChI=1S/C26H39F3N4O3/c1-7-33(16(2)3)19-11-12-21(20(14-19)24(36)32-25(4,5)6)31-22(34)15-30-23(35)17-9-8-10-18(13-17)26(27,28)29/h8-10,13,16,19-21H,7,11-12,14-15H2,1-6H3,(H,30,35)(H,31,34)(H,32,36)/t19-,20+,21+/m1/s1. The lowest BCUT2D eigenvalue weighted by atomic mass is 9.79. The van der Waals surface area contributed by atoms with Crippen molar-refractivity contribution in [3.8, 4) is 0 Å². The number of hydrogen-bond acceptors (Lipinski definition) is 4. The molecule has 10 heteroatoms. The largest absolute Gasteiger partial charge is 0.416 e. The molecule has 0 bridgehead atoms. The molecule has 3 amide bonds. The van der Waals surface area contributed by atoms with Crippen LogP contribution in [0.1, 0.15) is 76.7 Å². The molecule has 3 atom stereocenters. The summed E-state index contributed by atoms with van der Waals surface area (Å²) >= 11 is 0. The molecular formula is C26H39F3N4O3. The highest BCUT2D eigenvalue weighted by molar-refractivity contribution is 5.96. The number of rotatable bonds is 8. The van der Waals surface area contributed by atoms with Gasteiger partial charge in [-0.1, -0.05) is 13.0 Å². The van der Waals surface area contributed by atoms with Crippen LogP contribution in [0.15, 0.2) is 24.3 Å². The van der Waals surface area contributed by atoms with E-state index in [-0.39, 0.29) is 17.5 Å². The molecule has 36 heavy (non-hydrogen) atoms. The van der Waals surface area contributed by atoms with Crippen molar-refractivity contribution in [3.63, 3.8) is 0 Å². The molecule has 1 aliphatic rings. The van der Waals surface area contributed by atoms with Gasteiger partial charge in [-0.05, 0) is 78.6 Å². The lowest BCUT2D eigenvalue weighted by Crippen LogP contribution is -2.57. The van der Waals surface area contributed by atoms with Gasteiger partial charge >= 0.3 is 6.18 Å². The van der Waals surface area contributed by atoms with Gasteiger partial charge in [0.25, 0.3) is 5.91 Å². The second kappa shape index (κ2) is 12.1. The van der Waals surface area contributed by atoms with Crippen molar-refractivity contribution in [2.24, 2.45) is 5.92 Å². The number of alkyl halides is 3. The van der Waals surface area contributed by atoms with Crippen molar-refractivity contribution >= 4 is 17.7 Å². The van der Waals surface area contributed by atoms with Crippen LogP contribution < -0.4 is 16.0 Å². The van der Waals surface area contributed by atoms with Gasteiger partial charge in [-0.3, -0.25) is 19.3 Å². The predicted octanol–water partition coefficient (Wildman–Crippen LogP) is 3.73. The van der Waals surface area contributed by atoms with E-state index in [4.69, 9.17) is 0 Å². The van der Waals surface area contributed by atoms with Gasteiger partial charge in [0.15, 0.2) is 0 Å². The minimum atomic E-state index is -4.57. The second-order valence-corrected chi connectivity index (χ2v) is 10.7. The van der Waals surface area contributed by atoms with Crippen molar-refractivity contribution in [1.29, 1.82) is 0 Å². The van der Waals surface area contributed by atoms with Crippen molar-refractivity contribution in [2.75, 3.05) is 13.1 Å². The third-order valence-electron chi connectivity index (χ3n) is 6.36. The lowest BCUT2D eigenvalue weighted by molar-refractivity contribution is -0.137. The van der Waals surface area contributed by atoms with E-state index in [1.54, 1.807) is 0 Å². The van der Waals surface area contributed by atoms with Crippen LogP contribution in [-0.4, -0.2) is 59.4 Å². The van der Waals surface area contributed by atoms with Gasteiger partial charge in [0.1, 0.15) is 0 Å². The Morgan fingerprint density at radius 1 is 1.11 bits per heavy atom. The molecule has 0 saturated heterocycles. The molecule has 0 unspecified atom stereocenters. The number of nitrogens with one attached hydrogen (secondary N) is 3. The Hall–Kier alpha value is -2.62. The first-order chi connectivity index (χ1) is 16.6. The molecule has 1 saturated carbocycles. The van der Waals surface area contributed by atoms with E-state index in [1.807, 2.05) is 20.8 Å². The number of benzene rings is 1. The molecule has 1 aromatic carbocycles. The highest BCUT2D eigenvalue weighted by atomic mass is 19.4. The van der Waals surface area contributed by atoms with Crippen molar-refractivity contribution < 1.29 is 27.6 Å². The Kier molecular flexibility index (Phi) is 9.93. The Balaban J connectivity index is 2.06. The molecule has 1 aromatic rings. The van der Waals surface area contributed by atoms with Crippen LogP contribution in [0.4, 0.5) is 13.2 Å². The fourth-order valence-corrected chi connectivity index (χ4v) is 4.78. The van der Waals surface area contributed by atoms with Gasteiger partial charge in [0.2, 0.25) is 11.8 Å². The molecule has 3 N–H and O–H groups in total. The Labute approximate surface area is 211 Å².